The molecular weight excluding hydrogens is 719 g/mol. The zero-order chi connectivity index (χ0) is 39.1. The summed E-state index contributed by atoms with van der Waals surface area (Å²) in [4.78, 5) is 15.4. The number of furan rings is 1. The fourth-order valence-corrected chi connectivity index (χ4v) is 8.13. The van der Waals surface area contributed by atoms with E-state index in [9.17, 15) is 0 Å². The summed E-state index contributed by atoms with van der Waals surface area (Å²) in [5.74, 6) is 1.79. The predicted molar refractivity (Wildman–Crippen MR) is 243 cm³/mol. The maximum absolute atomic E-state index is 6.60. The molecule has 0 bridgehead atoms. The summed E-state index contributed by atoms with van der Waals surface area (Å²) in [6.45, 7) is 0. The molecular formula is C55H35N3O. The lowest BCUT2D eigenvalue weighted by Gasteiger charge is -2.11. The summed E-state index contributed by atoms with van der Waals surface area (Å²) < 4.78 is 6.60. The van der Waals surface area contributed by atoms with Crippen molar-refractivity contribution in [2.75, 3.05) is 0 Å². The van der Waals surface area contributed by atoms with Gasteiger partial charge in [0.15, 0.2) is 17.5 Å². The topological polar surface area (TPSA) is 51.8 Å². The van der Waals surface area contributed by atoms with Crippen molar-refractivity contribution in [3.8, 4) is 78.7 Å². The van der Waals surface area contributed by atoms with Gasteiger partial charge in [-0.3, -0.25) is 0 Å². The summed E-state index contributed by atoms with van der Waals surface area (Å²) in [6, 6.07) is 74.1. The van der Waals surface area contributed by atoms with Crippen molar-refractivity contribution >= 4 is 32.7 Å². The van der Waals surface area contributed by atoms with E-state index in [0.717, 1.165) is 71.7 Å². The van der Waals surface area contributed by atoms with Gasteiger partial charge in [0.1, 0.15) is 11.2 Å². The standard InChI is InChI=1S/C55H35N3O/c1-4-13-36(14-5-1)39-19-10-21-44(32-39)48-23-12-24-50-52(48)49-30-29-47(35-51(49)59-50)55-57-53(45-22-11-20-40(33-45)37-15-6-2-7-16-37)56-54(58-55)46-28-27-42-31-41(25-26-43(42)34-46)38-17-8-3-9-18-38/h1-35H. The van der Waals surface area contributed by atoms with Gasteiger partial charge in [-0.25, -0.2) is 15.0 Å². The van der Waals surface area contributed by atoms with Crippen molar-refractivity contribution in [1.29, 1.82) is 0 Å². The normalized spacial score (nSPS) is 11.4. The molecule has 2 heterocycles. The highest BCUT2D eigenvalue weighted by atomic mass is 16.3. The lowest BCUT2D eigenvalue weighted by atomic mass is 9.96. The first-order valence-electron chi connectivity index (χ1n) is 19.8. The number of hydrogen-bond donors (Lipinski definition) is 0. The molecule has 0 spiro atoms. The van der Waals surface area contributed by atoms with Gasteiger partial charge in [0.2, 0.25) is 0 Å². The number of benzene rings is 9. The van der Waals surface area contributed by atoms with Crippen LogP contribution in [0.15, 0.2) is 217 Å². The van der Waals surface area contributed by atoms with Crippen LogP contribution >= 0.6 is 0 Å². The fraction of sp³-hybridized carbons (Fsp3) is 0. The monoisotopic (exact) mass is 753 g/mol. The number of rotatable bonds is 7. The van der Waals surface area contributed by atoms with Gasteiger partial charge in [-0.15, -0.1) is 0 Å². The third kappa shape index (κ3) is 6.53. The van der Waals surface area contributed by atoms with Crippen molar-refractivity contribution in [3.63, 3.8) is 0 Å². The molecule has 0 fully saturated rings. The van der Waals surface area contributed by atoms with Crippen LogP contribution in [-0.4, -0.2) is 15.0 Å². The van der Waals surface area contributed by atoms with Gasteiger partial charge in [0.25, 0.3) is 0 Å². The molecule has 4 nitrogen and oxygen atoms in total. The molecule has 0 aliphatic rings. The first-order chi connectivity index (χ1) is 29.2. The number of nitrogens with zero attached hydrogens (tertiary/aromatic N) is 3. The van der Waals surface area contributed by atoms with Crippen molar-refractivity contribution < 1.29 is 4.42 Å². The van der Waals surface area contributed by atoms with E-state index < -0.39 is 0 Å². The molecule has 0 unspecified atom stereocenters. The third-order valence-corrected chi connectivity index (χ3v) is 11.1. The second-order valence-corrected chi connectivity index (χ2v) is 14.8. The van der Waals surface area contributed by atoms with Crippen molar-refractivity contribution in [1.82, 2.24) is 15.0 Å². The molecule has 276 valence electrons. The largest absolute Gasteiger partial charge is 0.456 e. The summed E-state index contributed by atoms with van der Waals surface area (Å²) in [7, 11) is 0. The molecule has 0 aliphatic carbocycles. The Morgan fingerprint density at radius 3 is 1.31 bits per heavy atom. The molecule has 11 aromatic rings. The maximum atomic E-state index is 6.60. The van der Waals surface area contributed by atoms with Gasteiger partial charge >= 0.3 is 0 Å². The average Bonchev–Trinajstić information content (AvgIpc) is 3.70. The quantitative estimate of drug-likeness (QED) is 0.163. The van der Waals surface area contributed by atoms with Crippen LogP contribution in [0, 0.1) is 0 Å². The van der Waals surface area contributed by atoms with E-state index in [4.69, 9.17) is 19.4 Å². The molecule has 0 amide bonds. The highest BCUT2D eigenvalue weighted by Crippen LogP contribution is 2.39. The Hall–Kier alpha value is -7.95. The van der Waals surface area contributed by atoms with Crippen molar-refractivity contribution in [3.05, 3.63) is 212 Å². The van der Waals surface area contributed by atoms with Crippen LogP contribution in [0.3, 0.4) is 0 Å². The van der Waals surface area contributed by atoms with Crippen LogP contribution in [0.5, 0.6) is 0 Å². The maximum Gasteiger partial charge on any atom is 0.164 e. The molecule has 2 aromatic heterocycles. The van der Waals surface area contributed by atoms with Gasteiger partial charge < -0.3 is 4.42 Å². The predicted octanol–water partition coefficient (Wildman–Crippen LogP) is 14.6. The van der Waals surface area contributed by atoms with Crippen LogP contribution in [0.25, 0.3) is 111 Å². The first kappa shape index (κ1) is 34.3. The van der Waals surface area contributed by atoms with E-state index in [1.165, 1.54) is 22.3 Å². The summed E-state index contributed by atoms with van der Waals surface area (Å²) in [5, 5.41) is 4.40. The summed E-state index contributed by atoms with van der Waals surface area (Å²) in [6.07, 6.45) is 0. The molecule has 59 heavy (non-hydrogen) atoms. The number of hydrogen-bond acceptors (Lipinski definition) is 4. The summed E-state index contributed by atoms with van der Waals surface area (Å²) >= 11 is 0. The molecule has 4 heteroatoms. The Morgan fingerprint density at radius 2 is 0.695 bits per heavy atom. The lowest BCUT2D eigenvalue weighted by molar-refractivity contribution is 0.669. The van der Waals surface area contributed by atoms with Crippen LogP contribution in [0.4, 0.5) is 0 Å². The Morgan fingerprint density at radius 1 is 0.271 bits per heavy atom. The van der Waals surface area contributed by atoms with E-state index >= 15 is 0 Å². The molecule has 0 radical (unpaired) electrons. The average molecular weight is 754 g/mol. The SMILES string of the molecule is c1ccc(-c2cccc(-c3nc(-c4ccc5cc(-c6ccccc6)ccc5c4)nc(-c4ccc5c(c4)oc4cccc(-c6cccc(-c7ccccc7)c6)c45)n3)c2)cc1. The van der Waals surface area contributed by atoms with Gasteiger partial charge in [-0.2, -0.15) is 0 Å². The second kappa shape index (κ2) is 14.5. The zero-order valence-electron chi connectivity index (χ0n) is 32.0. The Labute approximate surface area is 341 Å². The number of fused-ring (bicyclic) bond motifs is 4. The third-order valence-electron chi connectivity index (χ3n) is 11.1. The minimum Gasteiger partial charge on any atom is -0.456 e. The number of aromatic nitrogens is 3. The molecule has 0 N–H and O–H groups in total. The van der Waals surface area contributed by atoms with Crippen LogP contribution in [-0.2, 0) is 0 Å². The molecule has 0 saturated heterocycles. The van der Waals surface area contributed by atoms with Gasteiger partial charge in [-0.05, 0) is 97.7 Å². The van der Waals surface area contributed by atoms with Crippen LogP contribution in [0.2, 0.25) is 0 Å². The highest BCUT2D eigenvalue weighted by molar-refractivity contribution is 6.13. The molecule has 11 rings (SSSR count). The van der Waals surface area contributed by atoms with Crippen molar-refractivity contribution in [2.45, 2.75) is 0 Å². The van der Waals surface area contributed by atoms with Gasteiger partial charge in [0.05, 0.1) is 0 Å². The minimum atomic E-state index is 0.577. The molecule has 9 aromatic carbocycles. The second-order valence-electron chi connectivity index (χ2n) is 14.8. The fourth-order valence-electron chi connectivity index (χ4n) is 8.13. The highest BCUT2D eigenvalue weighted by Gasteiger charge is 2.18. The Kier molecular flexibility index (Phi) is 8.45. The molecule has 0 aliphatic heterocycles. The smallest absolute Gasteiger partial charge is 0.164 e. The van der Waals surface area contributed by atoms with Gasteiger partial charge in [0, 0.05) is 27.5 Å². The first-order valence-corrected chi connectivity index (χ1v) is 19.8. The van der Waals surface area contributed by atoms with Crippen molar-refractivity contribution in [2.24, 2.45) is 0 Å². The minimum absolute atomic E-state index is 0.577. The van der Waals surface area contributed by atoms with Gasteiger partial charge in [-0.1, -0.05) is 170 Å². The van der Waals surface area contributed by atoms with E-state index in [1.807, 2.05) is 24.3 Å². The van der Waals surface area contributed by atoms with E-state index in [-0.39, 0.29) is 0 Å². The van der Waals surface area contributed by atoms with Crippen LogP contribution < -0.4 is 0 Å². The van der Waals surface area contributed by atoms with E-state index in [1.54, 1.807) is 0 Å². The summed E-state index contributed by atoms with van der Waals surface area (Å²) in [5.41, 5.74) is 13.5. The lowest BCUT2D eigenvalue weighted by Crippen LogP contribution is -2.00. The molecule has 0 saturated carbocycles. The molecule has 0 atom stereocenters. The Bertz CT molecular complexity index is 3320. The van der Waals surface area contributed by atoms with E-state index in [2.05, 4.69) is 188 Å². The Balaban J connectivity index is 1.03. The van der Waals surface area contributed by atoms with Crippen LogP contribution in [0.1, 0.15) is 0 Å². The van der Waals surface area contributed by atoms with E-state index in [0.29, 0.717) is 17.5 Å². The zero-order valence-corrected chi connectivity index (χ0v) is 32.0.